The molecule has 1 heterocycles. The highest BCUT2D eigenvalue weighted by molar-refractivity contribution is 6.08. The predicted octanol–water partition coefficient (Wildman–Crippen LogP) is 6.59. The van der Waals surface area contributed by atoms with Gasteiger partial charge in [-0.05, 0) is 65.6 Å². The number of carbonyl (C=O) groups is 2. The van der Waals surface area contributed by atoms with Gasteiger partial charge in [0.25, 0.3) is 0 Å². The zero-order valence-electron chi connectivity index (χ0n) is 22.1. The van der Waals surface area contributed by atoms with Crippen molar-refractivity contribution >= 4 is 17.3 Å². The lowest BCUT2D eigenvalue weighted by molar-refractivity contribution is -0.119. The van der Waals surface area contributed by atoms with Crippen LogP contribution in [0.5, 0.6) is 11.5 Å². The molecule has 2 aliphatic carbocycles. The summed E-state index contributed by atoms with van der Waals surface area (Å²) in [7, 11) is 3.30. The average Bonchev–Trinajstić information content (AvgIpc) is 2.81. The second-order valence-electron chi connectivity index (χ2n) is 11.8. The van der Waals surface area contributed by atoms with E-state index >= 15 is 0 Å². The van der Waals surface area contributed by atoms with Crippen molar-refractivity contribution in [2.24, 2.45) is 10.8 Å². The summed E-state index contributed by atoms with van der Waals surface area (Å²) in [6.45, 7) is 8.62. The van der Waals surface area contributed by atoms with E-state index in [-0.39, 0.29) is 28.3 Å². The molecule has 0 aromatic heterocycles. The van der Waals surface area contributed by atoms with Crippen molar-refractivity contribution in [1.29, 1.82) is 0 Å². The number of Topliss-reactive ketones (excluding diaryl/α,β-unsaturated/α-hetero) is 2. The fourth-order valence-corrected chi connectivity index (χ4v) is 6.14. The number of hydrogen-bond donors (Lipinski definition) is 0. The van der Waals surface area contributed by atoms with Gasteiger partial charge in [-0.15, -0.1) is 0 Å². The first-order valence-corrected chi connectivity index (χ1v) is 12.6. The van der Waals surface area contributed by atoms with Crippen molar-refractivity contribution in [2.75, 3.05) is 19.1 Å². The third kappa shape index (κ3) is 4.15. The highest BCUT2D eigenvalue weighted by Crippen LogP contribution is 2.55. The zero-order chi connectivity index (χ0) is 25.8. The molecule has 0 N–H and O–H groups in total. The van der Waals surface area contributed by atoms with Crippen molar-refractivity contribution in [3.05, 3.63) is 76.6 Å². The minimum Gasteiger partial charge on any atom is -0.497 e. The first-order valence-electron chi connectivity index (χ1n) is 12.6. The molecule has 2 aromatic carbocycles. The van der Waals surface area contributed by atoms with E-state index in [0.717, 1.165) is 58.1 Å². The van der Waals surface area contributed by atoms with Crippen molar-refractivity contribution in [1.82, 2.24) is 0 Å². The Morgan fingerprint density at radius 3 is 1.50 bits per heavy atom. The van der Waals surface area contributed by atoms with Gasteiger partial charge in [0.05, 0.1) is 14.2 Å². The van der Waals surface area contributed by atoms with Crippen molar-refractivity contribution < 1.29 is 19.1 Å². The van der Waals surface area contributed by atoms with Crippen LogP contribution < -0.4 is 14.4 Å². The summed E-state index contributed by atoms with van der Waals surface area (Å²) in [4.78, 5) is 30.0. The highest BCUT2D eigenvalue weighted by atomic mass is 16.5. The van der Waals surface area contributed by atoms with Crippen molar-refractivity contribution in [3.63, 3.8) is 0 Å². The Bertz CT molecular complexity index is 1220. The standard InChI is InChI=1S/C31H35NO4/c1-30(2)15-23-28(25(33)17-30)27(19-7-11-21(35-5)12-8-19)29-24(16-31(3,4)18-26(29)34)32(23)20-9-13-22(36-6)14-10-20/h7-14,27H,15-18H2,1-6H3. The summed E-state index contributed by atoms with van der Waals surface area (Å²) >= 11 is 0. The number of carbonyl (C=O) groups excluding carboxylic acids is 2. The minimum atomic E-state index is -0.359. The molecule has 0 unspecified atom stereocenters. The van der Waals surface area contributed by atoms with E-state index in [9.17, 15) is 9.59 Å². The number of ether oxygens (including phenoxy) is 2. The van der Waals surface area contributed by atoms with Crippen LogP contribution in [-0.4, -0.2) is 25.8 Å². The van der Waals surface area contributed by atoms with Crippen molar-refractivity contribution in [2.45, 2.75) is 59.3 Å². The smallest absolute Gasteiger partial charge is 0.162 e. The Kier molecular flexibility index (Phi) is 5.85. The third-order valence-electron chi connectivity index (χ3n) is 7.69. The molecule has 0 saturated carbocycles. The molecule has 0 bridgehead atoms. The number of nitrogens with zero attached hydrogens (tertiary/aromatic N) is 1. The molecule has 5 rings (SSSR count). The quantitative estimate of drug-likeness (QED) is 0.489. The van der Waals surface area contributed by atoms with Gasteiger partial charge in [-0.3, -0.25) is 9.59 Å². The minimum absolute atomic E-state index is 0.129. The molecule has 0 amide bonds. The maximum Gasteiger partial charge on any atom is 0.162 e. The second kappa shape index (κ2) is 8.65. The molecule has 2 aromatic rings. The number of ketones is 2. The monoisotopic (exact) mass is 485 g/mol. The van der Waals surface area contributed by atoms with E-state index < -0.39 is 0 Å². The topological polar surface area (TPSA) is 55.8 Å². The van der Waals surface area contributed by atoms with Gasteiger partial charge in [-0.2, -0.15) is 0 Å². The number of anilines is 1. The molecule has 5 nitrogen and oxygen atoms in total. The summed E-state index contributed by atoms with van der Waals surface area (Å²) in [5.41, 5.74) is 5.16. The van der Waals surface area contributed by atoms with Crippen LogP contribution in [0, 0.1) is 10.8 Å². The highest BCUT2D eigenvalue weighted by Gasteiger charge is 2.49. The summed E-state index contributed by atoms with van der Waals surface area (Å²) < 4.78 is 10.8. The van der Waals surface area contributed by atoms with E-state index in [4.69, 9.17) is 9.47 Å². The van der Waals surface area contributed by atoms with Gasteiger partial charge < -0.3 is 14.4 Å². The fraction of sp³-hybridized carbons (Fsp3) is 0.419. The van der Waals surface area contributed by atoms with Crippen LogP contribution in [0.15, 0.2) is 71.1 Å². The third-order valence-corrected chi connectivity index (χ3v) is 7.69. The van der Waals surface area contributed by atoms with Gasteiger partial charge in [-0.25, -0.2) is 0 Å². The molecule has 188 valence electrons. The first-order chi connectivity index (χ1) is 17.0. The van der Waals surface area contributed by atoms with Crippen LogP contribution >= 0.6 is 0 Å². The summed E-state index contributed by atoms with van der Waals surface area (Å²) in [5.74, 6) is 1.43. The molecular formula is C31H35NO4. The van der Waals surface area contributed by atoms with E-state index in [2.05, 4.69) is 32.6 Å². The summed E-state index contributed by atoms with van der Waals surface area (Å²) in [6.07, 6.45) is 2.46. The molecule has 0 fully saturated rings. The summed E-state index contributed by atoms with van der Waals surface area (Å²) in [5, 5.41) is 0. The maximum absolute atomic E-state index is 13.9. The lowest BCUT2D eigenvalue weighted by Gasteiger charge is -2.49. The van der Waals surface area contributed by atoms with Gasteiger partial charge in [-0.1, -0.05) is 39.8 Å². The Morgan fingerprint density at radius 2 is 1.08 bits per heavy atom. The lowest BCUT2D eigenvalue weighted by Crippen LogP contribution is -2.44. The van der Waals surface area contributed by atoms with Crippen LogP contribution in [0.25, 0.3) is 0 Å². The summed E-state index contributed by atoms with van der Waals surface area (Å²) in [6, 6.07) is 15.8. The molecule has 0 saturated heterocycles. The van der Waals surface area contributed by atoms with E-state index in [1.165, 1.54) is 0 Å². The molecule has 0 radical (unpaired) electrons. The van der Waals surface area contributed by atoms with Gasteiger partial charge in [0.2, 0.25) is 0 Å². The second-order valence-corrected chi connectivity index (χ2v) is 11.8. The van der Waals surface area contributed by atoms with Gasteiger partial charge in [0.15, 0.2) is 11.6 Å². The Morgan fingerprint density at radius 1 is 0.667 bits per heavy atom. The molecule has 0 spiro atoms. The number of hydrogen-bond acceptors (Lipinski definition) is 5. The van der Waals surface area contributed by atoms with E-state index in [1.54, 1.807) is 14.2 Å². The van der Waals surface area contributed by atoms with Crippen LogP contribution in [-0.2, 0) is 9.59 Å². The molecule has 3 aliphatic rings. The molecule has 5 heteroatoms. The molecule has 0 atom stereocenters. The number of methoxy groups -OCH3 is 2. The molecular weight excluding hydrogens is 450 g/mol. The SMILES string of the molecule is COc1ccc(C2C3=C(CC(C)(C)CC3=O)N(c3ccc(OC)cc3)C3=C2C(=O)CC(C)(C)C3)cc1. The molecule has 1 aliphatic heterocycles. The Hall–Kier alpha value is -3.34. The van der Waals surface area contributed by atoms with Crippen LogP contribution in [0.3, 0.4) is 0 Å². The zero-order valence-corrected chi connectivity index (χ0v) is 22.1. The average molecular weight is 486 g/mol. The maximum atomic E-state index is 13.9. The fourth-order valence-electron chi connectivity index (χ4n) is 6.14. The van der Waals surface area contributed by atoms with Gasteiger partial charge in [0.1, 0.15) is 11.5 Å². The van der Waals surface area contributed by atoms with E-state index in [0.29, 0.717) is 12.8 Å². The predicted molar refractivity (Wildman–Crippen MR) is 141 cm³/mol. The molecule has 36 heavy (non-hydrogen) atoms. The van der Waals surface area contributed by atoms with Gasteiger partial charge in [0, 0.05) is 47.0 Å². The number of rotatable bonds is 4. The lowest BCUT2D eigenvalue weighted by atomic mass is 9.63. The van der Waals surface area contributed by atoms with Gasteiger partial charge >= 0.3 is 0 Å². The number of allylic oxidation sites excluding steroid dienone is 4. The van der Waals surface area contributed by atoms with Crippen LogP contribution in [0.2, 0.25) is 0 Å². The van der Waals surface area contributed by atoms with E-state index in [1.807, 2.05) is 48.5 Å². The van der Waals surface area contributed by atoms with Crippen LogP contribution in [0.1, 0.15) is 64.9 Å². The Balaban J connectivity index is 1.79. The normalized spacial score (nSPS) is 21.3. The largest absolute Gasteiger partial charge is 0.497 e. The Labute approximate surface area is 213 Å². The van der Waals surface area contributed by atoms with Crippen molar-refractivity contribution in [3.8, 4) is 11.5 Å². The number of benzene rings is 2. The van der Waals surface area contributed by atoms with Crippen LogP contribution in [0.4, 0.5) is 5.69 Å². The first kappa shape index (κ1) is 24.4.